The van der Waals surface area contributed by atoms with E-state index in [-0.39, 0.29) is 12.4 Å². The van der Waals surface area contributed by atoms with Gasteiger partial charge in [0.25, 0.3) is 0 Å². The van der Waals surface area contributed by atoms with Crippen LogP contribution in [0.4, 0.5) is 0 Å². The third-order valence-corrected chi connectivity index (χ3v) is 3.63. The minimum Gasteiger partial charge on any atom is -0.409 e. The number of aliphatic hydroxyl groups is 1. The summed E-state index contributed by atoms with van der Waals surface area (Å²) >= 11 is 1.54. The highest BCUT2D eigenvalue weighted by Crippen LogP contribution is 2.24. The van der Waals surface area contributed by atoms with Crippen LogP contribution in [0.2, 0.25) is 0 Å². The largest absolute Gasteiger partial charge is 0.409 e. The molecule has 100 valence electrons. The third-order valence-electron chi connectivity index (χ3n) is 2.63. The highest BCUT2D eigenvalue weighted by atomic mass is 32.2. The van der Waals surface area contributed by atoms with Gasteiger partial charge in [-0.05, 0) is 18.6 Å². The SMILES string of the molecule is NC(=NO)c1cc(SCCCO)nc2ccccc12. The molecule has 0 aliphatic heterocycles. The molecule has 1 heterocycles. The Morgan fingerprint density at radius 2 is 2.16 bits per heavy atom. The summed E-state index contributed by atoms with van der Waals surface area (Å²) < 4.78 is 0. The van der Waals surface area contributed by atoms with E-state index in [1.54, 1.807) is 6.07 Å². The Hall–Kier alpha value is -1.79. The summed E-state index contributed by atoms with van der Waals surface area (Å²) in [4.78, 5) is 4.51. The van der Waals surface area contributed by atoms with Crippen LogP contribution in [0.25, 0.3) is 10.9 Å². The van der Waals surface area contributed by atoms with Crippen LogP contribution in [0, 0.1) is 0 Å². The molecule has 0 spiro atoms. The number of nitrogens with zero attached hydrogens (tertiary/aromatic N) is 2. The Morgan fingerprint density at radius 1 is 1.37 bits per heavy atom. The minimum atomic E-state index is 0.0719. The van der Waals surface area contributed by atoms with E-state index in [2.05, 4.69) is 10.1 Å². The summed E-state index contributed by atoms with van der Waals surface area (Å²) in [5.74, 6) is 0.847. The lowest BCUT2D eigenvalue weighted by atomic mass is 10.1. The van der Waals surface area contributed by atoms with Gasteiger partial charge < -0.3 is 16.0 Å². The molecule has 0 saturated carbocycles. The van der Waals surface area contributed by atoms with Crippen LogP contribution in [0.3, 0.4) is 0 Å². The Labute approximate surface area is 115 Å². The Kier molecular flexibility index (Phi) is 4.59. The van der Waals surface area contributed by atoms with Crippen molar-refractivity contribution in [3.8, 4) is 0 Å². The first-order valence-electron chi connectivity index (χ1n) is 5.87. The molecule has 0 fully saturated rings. The fourth-order valence-electron chi connectivity index (χ4n) is 1.73. The number of oxime groups is 1. The number of amidine groups is 1. The second kappa shape index (κ2) is 6.40. The van der Waals surface area contributed by atoms with Crippen molar-refractivity contribution in [3.05, 3.63) is 35.9 Å². The van der Waals surface area contributed by atoms with Gasteiger partial charge in [0.1, 0.15) is 0 Å². The highest BCUT2D eigenvalue weighted by molar-refractivity contribution is 7.99. The predicted molar refractivity (Wildman–Crippen MR) is 76.7 cm³/mol. The normalized spacial score (nSPS) is 11.9. The van der Waals surface area contributed by atoms with Gasteiger partial charge in [0.15, 0.2) is 5.84 Å². The number of aliphatic hydroxyl groups excluding tert-OH is 1. The number of para-hydroxylation sites is 1. The van der Waals surface area contributed by atoms with E-state index in [0.717, 1.165) is 21.7 Å². The van der Waals surface area contributed by atoms with Crippen LogP contribution in [0.1, 0.15) is 12.0 Å². The number of fused-ring (bicyclic) bond motifs is 1. The van der Waals surface area contributed by atoms with E-state index < -0.39 is 0 Å². The minimum absolute atomic E-state index is 0.0719. The number of thioether (sulfide) groups is 1. The standard InChI is InChI=1S/C13H15N3O2S/c14-13(16-18)10-8-12(19-7-3-6-17)15-11-5-2-1-4-9(10)11/h1-2,4-5,8,17-18H,3,6-7H2,(H2,14,16). The molecule has 19 heavy (non-hydrogen) atoms. The quantitative estimate of drug-likeness (QED) is 0.193. The number of pyridine rings is 1. The average molecular weight is 277 g/mol. The predicted octanol–water partition coefficient (Wildman–Crippen LogP) is 1.80. The van der Waals surface area contributed by atoms with Crippen molar-refractivity contribution < 1.29 is 10.3 Å². The number of hydrogen-bond acceptors (Lipinski definition) is 5. The van der Waals surface area contributed by atoms with Gasteiger partial charge in [0, 0.05) is 23.3 Å². The Bertz CT molecular complexity index is 601. The third kappa shape index (κ3) is 3.15. The molecule has 1 aromatic carbocycles. The first-order chi connectivity index (χ1) is 9.26. The molecule has 0 aliphatic rings. The summed E-state index contributed by atoms with van der Waals surface area (Å²) in [6.07, 6.45) is 0.706. The molecule has 0 unspecified atom stereocenters. The molecule has 2 aromatic rings. The first-order valence-corrected chi connectivity index (χ1v) is 6.86. The molecule has 5 nitrogen and oxygen atoms in total. The van der Waals surface area contributed by atoms with Crippen molar-refractivity contribution in [2.75, 3.05) is 12.4 Å². The van der Waals surface area contributed by atoms with E-state index in [9.17, 15) is 0 Å². The molecule has 6 heteroatoms. The van der Waals surface area contributed by atoms with E-state index in [4.69, 9.17) is 16.0 Å². The average Bonchev–Trinajstić information content (AvgIpc) is 2.46. The molecule has 0 aliphatic carbocycles. The van der Waals surface area contributed by atoms with Crippen LogP contribution in [-0.4, -0.2) is 33.5 Å². The lowest BCUT2D eigenvalue weighted by molar-refractivity contribution is 0.296. The van der Waals surface area contributed by atoms with Gasteiger partial charge in [-0.1, -0.05) is 23.4 Å². The van der Waals surface area contributed by atoms with Crippen LogP contribution < -0.4 is 5.73 Å². The highest BCUT2D eigenvalue weighted by Gasteiger charge is 2.09. The zero-order valence-electron chi connectivity index (χ0n) is 10.3. The van der Waals surface area contributed by atoms with Crippen LogP contribution in [0.5, 0.6) is 0 Å². The summed E-state index contributed by atoms with van der Waals surface area (Å²) in [5.41, 5.74) is 7.18. The van der Waals surface area contributed by atoms with Gasteiger partial charge in [0.2, 0.25) is 0 Å². The first kappa shape index (κ1) is 13.6. The molecular weight excluding hydrogens is 262 g/mol. The van der Waals surface area contributed by atoms with Crippen molar-refractivity contribution in [1.82, 2.24) is 4.98 Å². The smallest absolute Gasteiger partial charge is 0.170 e. The van der Waals surface area contributed by atoms with Crippen molar-refractivity contribution in [3.63, 3.8) is 0 Å². The number of nitrogens with two attached hydrogens (primary N) is 1. The molecule has 2 rings (SSSR count). The van der Waals surface area contributed by atoms with Crippen molar-refractivity contribution >= 4 is 28.5 Å². The second-order valence-corrected chi connectivity index (χ2v) is 5.05. The van der Waals surface area contributed by atoms with Crippen LogP contribution in [0.15, 0.2) is 40.5 Å². The number of benzene rings is 1. The van der Waals surface area contributed by atoms with Gasteiger partial charge in [-0.3, -0.25) is 0 Å². The number of rotatable bonds is 5. The number of hydrogen-bond donors (Lipinski definition) is 3. The topological polar surface area (TPSA) is 91.7 Å². The number of aromatic nitrogens is 1. The van der Waals surface area contributed by atoms with Crippen LogP contribution >= 0.6 is 11.8 Å². The summed E-state index contributed by atoms with van der Waals surface area (Å²) in [6, 6.07) is 9.36. The van der Waals surface area contributed by atoms with E-state index in [1.807, 2.05) is 24.3 Å². The maximum atomic E-state index is 8.86. The molecular formula is C13H15N3O2S. The van der Waals surface area contributed by atoms with Crippen molar-refractivity contribution in [2.24, 2.45) is 10.9 Å². The molecule has 1 aromatic heterocycles. The van der Waals surface area contributed by atoms with Crippen molar-refractivity contribution in [1.29, 1.82) is 0 Å². The molecule has 0 radical (unpaired) electrons. The van der Waals surface area contributed by atoms with Crippen molar-refractivity contribution in [2.45, 2.75) is 11.4 Å². The summed E-state index contributed by atoms with van der Waals surface area (Å²) in [5, 5.41) is 22.4. The van der Waals surface area contributed by atoms with Gasteiger partial charge in [-0.25, -0.2) is 4.98 Å². The zero-order valence-corrected chi connectivity index (χ0v) is 11.1. The van der Waals surface area contributed by atoms with Gasteiger partial charge in [-0.2, -0.15) is 0 Å². The van der Waals surface area contributed by atoms with Crippen LogP contribution in [-0.2, 0) is 0 Å². The lowest BCUT2D eigenvalue weighted by Crippen LogP contribution is -2.14. The van der Waals surface area contributed by atoms with Gasteiger partial charge in [-0.15, -0.1) is 11.8 Å². The maximum absolute atomic E-state index is 8.86. The summed E-state index contributed by atoms with van der Waals surface area (Å²) in [7, 11) is 0. The molecule has 0 bridgehead atoms. The lowest BCUT2D eigenvalue weighted by Gasteiger charge is -2.08. The fraction of sp³-hybridized carbons (Fsp3) is 0.231. The monoisotopic (exact) mass is 277 g/mol. The maximum Gasteiger partial charge on any atom is 0.170 e. The Balaban J connectivity index is 2.44. The molecule has 0 amide bonds. The van der Waals surface area contributed by atoms with E-state index in [0.29, 0.717) is 12.0 Å². The van der Waals surface area contributed by atoms with E-state index in [1.165, 1.54) is 11.8 Å². The zero-order chi connectivity index (χ0) is 13.7. The fourth-order valence-corrected chi connectivity index (χ4v) is 2.58. The molecule has 4 N–H and O–H groups in total. The van der Waals surface area contributed by atoms with Gasteiger partial charge in [0.05, 0.1) is 10.5 Å². The van der Waals surface area contributed by atoms with Gasteiger partial charge >= 0.3 is 0 Å². The molecule has 0 saturated heterocycles. The molecule has 0 atom stereocenters. The Morgan fingerprint density at radius 3 is 2.89 bits per heavy atom. The van der Waals surface area contributed by atoms with E-state index >= 15 is 0 Å². The second-order valence-electron chi connectivity index (χ2n) is 3.94. The summed E-state index contributed by atoms with van der Waals surface area (Å²) in [6.45, 7) is 0.160.